The van der Waals surface area contributed by atoms with Crippen LogP contribution < -0.4 is 11.1 Å². The third kappa shape index (κ3) is 8.50. The predicted octanol–water partition coefficient (Wildman–Crippen LogP) is 6.44. The Kier molecular flexibility index (Phi) is 11.1. The first-order valence-corrected chi connectivity index (χ1v) is 14.9. The lowest BCUT2D eigenvalue weighted by Crippen LogP contribution is -2.24. The minimum Gasteiger partial charge on any atom is -0.462 e. The van der Waals surface area contributed by atoms with Gasteiger partial charge in [0.1, 0.15) is 13.2 Å². The molecule has 0 amide bonds. The summed E-state index contributed by atoms with van der Waals surface area (Å²) < 4.78 is 11.4. The number of esters is 2. The number of anilines is 1. The number of rotatable bonds is 12. The first-order valence-electron chi connectivity index (χ1n) is 14.2. The van der Waals surface area contributed by atoms with Crippen LogP contribution >= 0.6 is 15.9 Å². The topological polar surface area (TPSA) is 108 Å². The lowest BCUT2D eigenvalue weighted by atomic mass is 9.89. The molecule has 216 valence electrons. The van der Waals surface area contributed by atoms with Gasteiger partial charge in [0.25, 0.3) is 0 Å². The Balaban J connectivity index is 1.25. The summed E-state index contributed by atoms with van der Waals surface area (Å²) in [7, 11) is 0. The molecule has 0 aliphatic heterocycles. The smallest absolute Gasteiger partial charge is 0.338 e. The van der Waals surface area contributed by atoms with E-state index in [1.54, 1.807) is 55.5 Å². The molecule has 1 unspecified atom stereocenters. The van der Waals surface area contributed by atoms with Gasteiger partial charge in [-0.2, -0.15) is 0 Å². The predicted molar refractivity (Wildman–Crippen MR) is 163 cm³/mol. The lowest BCUT2D eigenvalue weighted by molar-refractivity contribution is -0.146. The zero-order chi connectivity index (χ0) is 29.2. The number of hydrogen-bond donors (Lipinski definition) is 2. The van der Waals surface area contributed by atoms with E-state index in [1.807, 2.05) is 18.2 Å². The highest BCUT2D eigenvalue weighted by molar-refractivity contribution is 9.10. The Morgan fingerprint density at radius 1 is 0.902 bits per heavy atom. The molecule has 4 rings (SSSR count). The summed E-state index contributed by atoms with van der Waals surface area (Å²) in [5.41, 5.74) is 9.79. The summed E-state index contributed by atoms with van der Waals surface area (Å²) >= 11 is 3.45. The maximum absolute atomic E-state index is 12.8. The van der Waals surface area contributed by atoms with E-state index >= 15 is 0 Å². The van der Waals surface area contributed by atoms with Gasteiger partial charge in [0.05, 0.1) is 17.2 Å². The number of ether oxygens (including phenoxy) is 2. The van der Waals surface area contributed by atoms with Crippen LogP contribution in [0.3, 0.4) is 0 Å². The number of benzene rings is 3. The van der Waals surface area contributed by atoms with Crippen molar-refractivity contribution in [3.8, 4) is 0 Å². The Labute approximate surface area is 249 Å². The molecule has 41 heavy (non-hydrogen) atoms. The van der Waals surface area contributed by atoms with Gasteiger partial charge >= 0.3 is 11.9 Å². The van der Waals surface area contributed by atoms with E-state index in [9.17, 15) is 14.4 Å². The van der Waals surface area contributed by atoms with Crippen molar-refractivity contribution in [2.45, 2.75) is 51.5 Å². The molecule has 3 N–H and O–H groups in total. The molecule has 0 bridgehead atoms. The largest absolute Gasteiger partial charge is 0.462 e. The van der Waals surface area contributed by atoms with Crippen molar-refractivity contribution >= 4 is 39.3 Å². The summed E-state index contributed by atoms with van der Waals surface area (Å²) in [4.78, 5) is 38.2. The van der Waals surface area contributed by atoms with Crippen LogP contribution in [0, 0.1) is 5.92 Å². The fourth-order valence-corrected chi connectivity index (χ4v) is 5.57. The van der Waals surface area contributed by atoms with Crippen LogP contribution in [0.25, 0.3) is 0 Å². The second kappa shape index (κ2) is 14.9. The van der Waals surface area contributed by atoms with Crippen LogP contribution in [0.5, 0.6) is 0 Å². The molecular formula is C33H37BrN2O5. The number of ketones is 1. The number of nitrogen functional groups attached to an aromatic ring is 1. The van der Waals surface area contributed by atoms with Gasteiger partial charge in [0.15, 0.2) is 5.78 Å². The van der Waals surface area contributed by atoms with Crippen molar-refractivity contribution in [1.82, 2.24) is 5.32 Å². The van der Waals surface area contributed by atoms with Gasteiger partial charge in [-0.15, -0.1) is 0 Å². The van der Waals surface area contributed by atoms with Gasteiger partial charge in [0.2, 0.25) is 0 Å². The van der Waals surface area contributed by atoms with E-state index in [0.717, 1.165) is 12.1 Å². The normalized spacial score (nSPS) is 14.3. The van der Waals surface area contributed by atoms with Crippen molar-refractivity contribution in [3.63, 3.8) is 0 Å². The van der Waals surface area contributed by atoms with E-state index in [1.165, 1.54) is 32.1 Å². The van der Waals surface area contributed by atoms with Crippen LogP contribution in [0.2, 0.25) is 0 Å². The standard InChI is InChI=1S/C33H37BrN2O5/c1-22(25-13-8-14-26(17-25)31(37)24-11-6-3-7-12-24)32(38)40-15-16-41-33(39)27-18-28(30(35)29(34)19-27)21-36-20-23-9-4-2-5-10-23/h3,6-8,11-14,17-19,22-23,36H,2,4-5,9-10,15-16,20-21,35H2,1H3. The van der Waals surface area contributed by atoms with Gasteiger partial charge < -0.3 is 20.5 Å². The maximum atomic E-state index is 12.8. The quantitative estimate of drug-likeness (QED) is 0.104. The number of nitrogens with two attached hydrogens (primary N) is 1. The molecule has 3 aromatic carbocycles. The molecule has 1 saturated carbocycles. The molecule has 7 nitrogen and oxygen atoms in total. The number of carbonyl (C=O) groups excluding carboxylic acids is 3. The number of nitrogens with one attached hydrogen (secondary N) is 1. The summed E-state index contributed by atoms with van der Waals surface area (Å²) in [6.45, 7) is 3.06. The van der Waals surface area contributed by atoms with Gasteiger partial charge in [-0.3, -0.25) is 9.59 Å². The molecule has 1 aliphatic rings. The van der Waals surface area contributed by atoms with Crippen molar-refractivity contribution in [1.29, 1.82) is 0 Å². The molecule has 1 fully saturated rings. The second-order valence-electron chi connectivity index (χ2n) is 10.5. The third-order valence-corrected chi connectivity index (χ3v) is 8.18. The highest BCUT2D eigenvalue weighted by Gasteiger charge is 2.20. The summed E-state index contributed by atoms with van der Waals surface area (Å²) in [5.74, 6) is -1.00. The Morgan fingerprint density at radius 3 is 2.37 bits per heavy atom. The minimum atomic E-state index is -0.592. The van der Waals surface area contributed by atoms with Crippen LogP contribution in [-0.4, -0.2) is 37.5 Å². The first kappa shape index (κ1) is 30.5. The summed E-state index contributed by atoms with van der Waals surface area (Å²) in [5, 5.41) is 3.48. The first-order chi connectivity index (χ1) is 19.8. The van der Waals surface area contributed by atoms with Crippen LogP contribution in [0.15, 0.2) is 71.2 Å². The van der Waals surface area contributed by atoms with E-state index in [-0.39, 0.29) is 19.0 Å². The molecular weight excluding hydrogens is 584 g/mol. The monoisotopic (exact) mass is 620 g/mol. The van der Waals surface area contributed by atoms with Crippen LogP contribution in [0.1, 0.15) is 82.4 Å². The van der Waals surface area contributed by atoms with Crippen molar-refractivity contribution < 1.29 is 23.9 Å². The molecule has 0 spiro atoms. The van der Waals surface area contributed by atoms with Gasteiger partial charge in [0, 0.05) is 22.1 Å². The summed E-state index contributed by atoms with van der Waals surface area (Å²) in [6, 6.07) is 19.3. The van der Waals surface area contributed by atoms with Crippen molar-refractivity contribution in [2.24, 2.45) is 5.92 Å². The number of halogens is 1. The molecule has 3 aromatic rings. The number of carbonyl (C=O) groups is 3. The van der Waals surface area contributed by atoms with E-state index in [4.69, 9.17) is 15.2 Å². The SMILES string of the molecule is CC(C(=O)OCCOC(=O)c1cc(Br)c(N)c(CNCC2CCCCC2)c1)c1cccc(C(=O)c2ccccc2)c1. The van der Waals surface area contributed by atoms with Gasteiger partial charge in [-0.1, -0.05) is 67.8 Å². The number of hydrogen-bond acceptors (Lipinski definition) is 7. The highest BCUT2D eigenvalue weighted by Crippen LogP contribution is 2.27. The fourth-order valence-electron chi connectivity index (χ4n) is 5.07. The van der Waals surface area contributed by atoms with Gasteiger partial charge in [-0.25, -0.2) is 4.79 Å². The van der Waals surface area contributed by atoms with Crippen LogP contribution in [0.4, 0.5) is 5.69 Å². The van der Waals surface area contributed by atoms with Crippen molar-refractivity contribution in [2.75, 3.05) is 25.5 Å². The highest BCUT2D eigenvalue weighted by atomic mass is 79.9. The Bertz CT molecular complexity index is 1350. The molecule has 0 saturated heterocycles. The Hall–Kier alpha value is -3.49. The van der Waals surface area contributed by atoms with Crippen molar-refractivity contribution in [3.05, 3.63) is 99.0 Å². The average molecular weight is 622 g/mol. The molecule has 0 heterocycles. The third-order valence-electron chi connectivity index (χ3n) is 7.52. The van der Waals surface area contributed by atoms with E-state index in [2.05, 4.69) is 21.2 Å². The average Bonchev–Trinajstić information content (AvgIpc) is 3.01. The molecule has 1 aliphatic carbocycles. The van der Waals surface area contributed by atoms with Gasteiger partial charge in [-0.05, 0) is 77.5 Å². The molecule has 0 aromatic heterocycles. The van der Waals surface area contributed by atoms with E-state index < -0.39 is 17.9 Å². The van der Waals surface area contributed by atoms with Crippen LogP contribution in [-0.2, 0) is 20.8 Å². The zero-order valence-electron chi connectivity index (χ0n) is 23.4. The second-order valence-corrected chi connectivity index (χ2v) is 11.4. The fraction of sp³-hybridized carbons (Fsp3) is 0.364. The molecule has 0 radical (unpaired) electrons. The van der Waals surface area contributed by atoms with E-state index in [0.29, 0.717) is 44.9 Å². The minimum absolute atomic E-state index is 0.0799. The Morgan fingerprint density at radius 2 is 1.61 bits per heavy atom. The summed E-state index contributed by atoms with van der Waals surface area (Å²) in [6.07, 6.45) is 6.41. The molecule has 8 heteroatoms. The maximum Gasteiger partial charge on any atom is 0.338 e. The zero-order valence-corrected chi connectivity index (χ0v) is 25.0. The molecule has 1 atom stereocenters. The lowest BCUT2D eigenvalue weighted by Gasteiger charge is -2.22.